The molecular weight excluding hydrogens is 464 g/mol. The Hall–Kier alpha value is -2.46. The molecule has 0 aliphatic carbocycles. The lowest BCUT2D eigenvalue weighted by Gasteiger charge is -2.10. The molecular formula is C19H17FIN3O3. The number of aromatic nitrogens is 2. The first kappa shape index (κ1) is 19.3. The highest BCUT2D eigenvalue weighted by atomic mass is 127. The van der Waals surface area contributed by atoms with Crippen LogP contribution < -0.4 is 10.5 Å². The average Bonchev–Trinajstić information content (AvgIpc) is 3.07. The Bertz CT molecular complexity index is 944. The zero-order valence-corrected chi connectivity index (χ0v) is 16.3. The molecule has 8 heteroatoms. The fourth-order valence-corrected chi connectivity index (χ4v) is 2.62. The van der Waals surface area contributed by atoms with Crippen LogP contribution in [0.25, 0.3) is 5.69 Å². The maximum Gasteiger partial charge on any atom is 0.198 e. The standard InChI is InChI=1S/C19H17FIN3O3/c20-13-4-6-15(7-5-13)24-19(22)17(9-23-24)18(26)12-2-1-3-16(8-12)27-11-14(21)10-25/h1-9,14,25H,10-11,22H2/t14-/m0/s1. The fourth-order valence-electron chi connectivity index (χ4n) is 2.44. The number of carbonyl (C=O) groups is 1. The molecule has 0 aliphatic heterocycles. The molecule has 6 nitrogen and oxygen atoms in total. The Kier molecular flexibility index (Phi) is 6.07. The Balaban J connectivity index is 1.83. The number of hydrogen-bond acceptors (Lipinski definition) is 5. The number of hydrogen-bond donors (Lipinski definition) is 2. The molecule has 1 aromatic heterocycles. The smallest absolute Gasteiger partial charge is 0.198 e. The van der Waals surface area contributed by atoms with E-state index in [-0.39, 0.29) is 33.5 Å². The minimum Gasteiger partial charge on any atom is -0.492 e. The number of halogens is 2. The van der Waals surface area contributed by atoms with Gasteiger partial charge in [-0.05, 0) is 36.4 Å². The number of nitrogens with two attached hydrogens (primary N) is 1. The number of nitrogen functional groups attached to an aromatic ring is 1. The van der Waals surface area contributed by atoms with E-state index in [0.717, 1.165) is 0 Å². The van der Waals surface area contributed by atoms with Crippen LogP contribution >= 0.6 is 22.6 Å². The van der Waals surface area contributed by atoms with Crippen molar-refractivity contribution >= 4 is 34.2 Å². The van der Waals surface area contributed by atoms with Crippen molar-refractivity contribution in [3.63, 3.8) is 0 Å². The van der Waals surface area contributed by atoms with Crippen molar-refractivity contribution in [3.05, 3.63) is 71.7 Å². The number of ketones is 1. The number of rotatable bonds is 7. The van der Waals surface area contributed by atoms with Gasteiger partial charge in [0, 0.05) is 5.56 Å². The SMILES string of the molecule is Nc1c(C(=O)c2cccc(OC[C@@H](I)CO)c2)cnn1-c1ccc(F)cc1. The summed E-state index contributed by atoms with van der Waals surface area (Å²) in [6.45, 7) is 0.345. The first-order chi connectivity index (χ1) is 13.0. The summed E-state index contributed by atoms with van der Waals surface area (Å²) in [6.07, 6.45) is 1.39. The van der Waals surface area contributed by atoms with Crippen molar-refractivity contribution in [1.29, 1.82) is 0 Å². The zero-order valence-electron chi connectivity index (χ0n) is 14.2. The number of carbonyl (C=O) groups excluding carboxylic acids is 1. The third kappa shape index (κ3) is 4.45. The molecule has 3 N–H and O–H groups in total. The minimum atomic E-state index is -0.368. The Labute approximate surface area is 168 Å². The summed E-state index contributed by atoms with van der Waals surface area (Å²) < 4.78 is 20.0. The van der Waals surface area contributed by atoms with Crippen LogP contribution in [0, 0.1) is 5.82 Å². The fraction of sp³-hybridized carbons (Fsp3) is 0.158. The minimum absolute atomic E-state index is 0.0122. The number of aliphatic hydroxyl groups excluding tert-OH is 1. The Morgan fingerprint density at radius 2 is 2.04 bits per heavy atom. The second-order valence-corrected chi connectivity index (χ2v) is 7.54. The van der Waals surface area contributed by atoms with Gasteiger partial charge in [0.05, 0.1) is 28.0 Å². The lowest BCUT2D eigenvalue weighted by Crippen LogP contribution is -2.15. The summed E-state index contributed by atoms with van der Waals surface area (Å²) in [5.74, 6) is 0.0398. The number of aliphatic hydroxyl groups is 1. The number of benzene rings is 2. The van der Waals surface area contributed by atoms with Gasteiger partial charge in [0.2, 0.25) is 0 Å². The zero-order chi connectivity index (χ0) is 19.4. The van der Waals surface area contributed by atoms with Gasteiger partial charge >= 0.3 is 0 Å². The molecule has 0 spiro atoms. The molecule has 140 valence electrons. The highest BCUT2D eigenvalue weighted by Crippen LogP contribution is 2.22. The molecule has 1 atom stereocenters. The van der Waals surface area contributed by atoms with Crippen molar-refractivity contribution < 1.29 is 19.0 Å². The summed E-state index contributed by atoms with van der Waals surface area (Å²) in [4.78, 5) is 12.8. The lowest BCUT2D eigenvalue weighted by atomic mass is 10.1. The molecule has 27 heavy (non-hydrogen) atoms. The highest BCUT2D eigenvalue weighted by molar-refractivity contribution is 14.1. The summed E-state index contributed by atoms with van der Waals surface area (Å²) in [5, 5.41) is 13.2. The van der Waals surface area contributed by atoms with Gasteiger partial charge in [-0.1, -0.05) is 34.7 Å². The predicted octanol–water partition coefficient (Wildman–Crippen LogP) is 3.00. The Morgan fingerprint density at radius 1 is 1.30 bits per heavy atom. The van der Waals surface area contributed by atoms with Gasteiger partial charge in [0.25, 0.3) is 0 Å². The van der Waals surface area contributed by atoms with Crippen LogP contribution in [0.2, 0.25) is 0 Å². The lowest BCUT2D eigenvalue weighted by molar-refractivity contribution is 0.103. The summed E-state index contributed by atoms with van der Waals surface area (Å²) in [6, 6.07) is 12.4. The second-order valence-electron chi connectivity index (χ2n) is 5.78. The molecule has 0 saturated heterocycles. The van der Waals surface area contributed by atoms with Gasteiger partial charge in [-0.25, -0.2) is 9.07 Å². The van der Waals surface area contributed by atoms with Crippen molar-refractivity contribution in [1.82, 2.24) is 9.78 Å². The third-order valence-electron chi connectivity index (χ3n) is 3.85. The van der Waals surface area contributed by atoms with E-state index in [0.29, 0.717) is 23.6 Å². The van der Waals surface area contributed by atoms with E-state index in [1.165, 1.54) is 35.1 Å². The van der Waals surface area contributed by atoms with Crippen molar-refractivity contribution in [2.75, 3.05) is 18.9 Å². The molecule has 0 saturated carbocycles. The van der Waals surface area contributed by atoms with Crippen molar-refractivity contribution in [2.24, 2.45) is 0 Å². The molecule has 0 bridgehead atoms. The van der Waals surface area contributed by atoms with E-state index in [1.54, 1.807) is 24.3 Å². The molecule has 3 rings (SSSR count). The van der Waals surface area contributed by atoms with E-state index in [4.69, 9.17) is 15.6 Å². The quantitative estimate of drug-likeness (QED) is 0.308. The monoisotopic (exact) mass is 481 g/mol. The number of anilines is 1. The van der Waals surface area contributed by atoms with E-state index < -0.39 is 0 Å². The van der Waals surface area contributed by atoms with Gasteiger partial charge in [-0.3, -0.25) is 4.79 Å². The third-order valence-corrected chi connectivity index (χ3v) is 4.60. The van der Waals surface area contributed by atoms with Crippen LogP contribution in [-0.4, -0.2) is 37.8 Å². The van der Waals surface area contributed by atoms with Gasteiger partial charge in [0.1, 0.15) is 24.0 Å². The maximum atomic E-state index is 13.1. The largest absolute Gasteiger partial charge is 0.492 e. The van der Waals surface area contributed by atoms with E-state index in [9.17, 15) is 9.18 Å². The number of nitrogens with zero attached hydrogens (tertiary/aromatic N) is 2. The van der Waals surface area contributed by atoms with Crippen molar-refractivity contribution in [2.45, 2.75) is 3.92 Å². The number of ether oxygens (including phenoxy) is 1. The molecule has 0 unspecified atom stereocenters. The van der Waals surface area contributed by atoms with Crippen LogP contribution in [0.3, 0.4) is 0 Å². The summed E-state index contributed by atoms with van der Waals surface area (Å²) in [7, 11) is 0. The molecule has 3 aromatic rings. The first-order valence-corrected chi connectivity index (χ1v) is 9.36. The average molecular weight is 481 g/mol. The number of alkyl halides is 1. The van der Waals surface area contributed by atoms with Crippen LogP contribution in [0.5, 0.6) is 5.75 Å². The van der Waals surface area contributed by atoms with E-state index in [1.807, 2.05) is 0 Å². The van der Waals surface area contributed by atoms with E-state index >= 15 is 0 Å². The molecule has 0 fully saturated rings. The molecule has 0 amide bonds. The maximum absolute atomic E-state index is 13.1. The molecule has 2 aromatic carbocycles. The van der Waals surface area contributed by atoms with Gasteiger partial charge in [0.15, 0.2) is 5.78 Å². The molecule has 1 heterocycles. The summed E-state index contributed by atoms with van der Waals surface area (Å²) in [5.41, 5.74) is 7.31. The summed E-state index contributed by atoms with van der Waals surface area (Å²) >= 11 is 2.09. The van der Waals surface area contributed by atoms with Crippen LogP contribution in [-0.2, 0) is 0 Å². The predicted molar refractivity (Wildman–Crippen MR) is 108 cm³/mol. The first-order valence-electron chi connectivity index (χ1n) is 8.11. The Morgan fingerprint density at radius 3 is 2.74 bits per heavy atom. The van der Waals surface area contributed by atoms with Crippen LogP contribution in [0.4, 0.5) is 10.2 Å². The van der Waals surface area contributed by atoms with Gasteiger partial charge < -0.3 is 15.6 Å². The molecule has 0 radical (unpaired) electrons. The normalized spacial score (nSPS) is 12.0. The van der Waals surface area contributed by atoms with Crippen LogP contribution in [0.15, 0.2) is 54.7 Å². The van der Waals surface area contributed by atoms with Crippen molar-refractivity contribution in [3.8, 4) is 11.4 Å². The highest BCUT2D eigenvalue weighted by Gasteiger charge is 2.18. The van der Waals surface area contributed by atoms with E-state index in [2.05, 4.69) is 27.7 Å². The van der Waals surface area contributed by atoms with Crippen LogP contribution in [0.1, 0.15) is 15.9 Å². The van der Waals surface area contributed by atoms with Gasteiger partial charge in [-0.2, -0.15) is 5.10 Å². The second kappa shape index (κ2) is 8.49. The van der Waals surface area contributed by atoms with Gasteiger partial charge in [-0.15, -0.1) is 0 Å². The topological polar surface area (TPSA) is 90.4 Å². The molecule has 0 aliphatic rings.